The highest BCUT2D eigenvalue weighted by Crippen LogP contribution is 2.37. The molecule has 0 unspecified atom stereocenters. The molecule has 0 spiro atoms. The molecule has 1 amide bonds. The molecule has 21 heavy (non-hydrogen) atoms. The van der Waals surface area contributed by atoms with Crippen LogP contribution < -0.4 is 0 Å². The van der Waals surface area contributed by atoms with Crippen LogP contribution in [0.15, 0.2) is 29.4 Å². The van der Waals surface area contributed by atoms with Crippen molar-refractivity contribution in [3.8, 4) is 0 Å². The average molecular weight is 288 g/mol. The van der Waals surface area contributed by atoms with Gasteiger partial charge in [0.25, 0.3) is 0 Å². The topological polar surface area (TPSA) is 78.3 Å². The van der Waals surface area contributed by atoms with Crippen molar-refractivity contribution in [1.82, 2.24) is 4.90 Å². The lowest BCUT2D eigenvalue weighted by atomic mass is 10.1. The lowest BCUT2D eigenvalue weighted by Crippen LogP contribution is -2.39. The van der Waals surface area contributed by atoms with Crippen molar-refractivity contribution in [2.75, 3.05) is 7.05 Å². The fourth-order valence-electron chi connectivity index (χ4n) is 2.64. The van der Waals surface area contributed by atoms with Crippen molar-refractivity contribution in [3.63, 3.8) is 0 Å². The molecule has 6 nitrogen and oxygen atoms in total. The first kappa shape index (κ1) is 15.2. The Morgan fingerprint density at radius 1 is 1.43 bits per heavy atom. The van der Waals surface area contributed by atoms with E-state index in [0.717, 1.165) is 11.1 Å². The van der Waals surface area contributed by atoms with E-state index in [1.165, 1.54) is 4.90 Å². The van der Waals surface area contributed by atoms with E-state index in [1.54, 1.807) is 7.05 Å². The molecule has 1 aromatic rings. The fourth-order valence-corrected chi connectivity index (χ4v) is 2.64. The summed E-state index contributed by atoms with van der Waals surface area (Å²) in [5.74, 6) is 0. The normalized spacial score (nSPS) is 20.4. The largest absolute Gasteiger partial charge is 0.444 e. The maximum Gasteiger partial charge on any atom is 0.410 e. The van der Waals surface area contributed by atoms with E-state index in [1.807, 2.05) is 45.0 Å². The van der Waals surface area contributed by atoms with E-state index in [2.05, 4.69) is 10.0 Å². The molecule has 0 saturated carbocycles. The molecule has 0 N–H and O–H groups in total. The number of hydrogen-bond donors (Lipinski definition) is 0. The van der Waals surface area contributed by atoms with E-state index in [0.29, 0.717) is 6.42 Å². The molecule has 112 valence electrons. The van der Waals surface area contributed by atoms with Gasteiger partial charge in [-0.25, -0.2) is 4.79 Å². The highest BCUT2D eigenvalue weighted by molar-refractivity contribution is 5.69. The molecule has 0 radical (unpaired) electrons. The van der Waals surface area contributed by atoms with Gasteiger partial charge in [0, 0.05) is 12.0 Å². The Hall–Kier alpha value is -2.20. The molecule has 0 fully saturated rings. The standard InChI is InChI=1S/C15H20N4O2/c1-15(2,3)21-14(20)19(4)13-11-8-6-5-7-10(11)9-12(13)17-18-16/h5-8,12-13H,9H2,1-4H3/t12-,13-/m1/s1. The van der Waals surface area contributed by atoms with E-state index in [9.17, 15) is 4.79 Å². The van der Waals surface area contributed by atoms with Gasteiger partial charge < -0.3 is 9.64 Å². The van der Waals surface area contributed by atoms with Gasteiger partial charge in [0.2, 0.25) is 0 Å². The molecule has 1 aromatic carbocycles. The highest BCUT2D eigenvalue weighted by Gasteiger charge is 2.37. The Morgan fingerprint density at radius 3 is 2.71 bits per heavy atom. The fraction of sp³-hybridized carbons (Fsp3) is 0.533. The summed E-state index contributed by atoms with van der Waals surface area (Å²) in [4.78, 5) is 16.7. The van der Waals surface area contributed by atoms with Gasteiger partial charge in [0.05, 0.1) is 12.1 Å². The smallest absolute Gasteiger partial charge is 0.410 e. The quantitative estimate of drug-likeness (QED) is 0.471. The van der Waals surface area contributed by atoms with Crippen molar-refractivity contribution >= 4 is 6.09 Å². The SMILES string of the molecule is CN(C(=O)OC(C)(C)C)[C@@H]1c2ccccc2C[C@H]1N=[N+]=[N-]. The van der Waals surface area contributed by atoms with Crippen LogP contribution in [0.2, 0.25) is 0 Å². The van der Waals surface area contributed by atoms with Crippen molar-refractivity contribution in [3.05, 3.63) is 45.8 Å². The molecule has 0 aliphatic heterocycles. The number of likely N-dealkylation sites (N-methyl/N-ethyl adjacent to an activating group) is 1. The van der Waals surface area contributed by atoms with Crippen LogP contribution in [0.4, 0.5) is 4.79 Å². The molecule has 2 rings (SSSR count). The predicted octanol–water partition coefficient (Wildman–Crippen LogP) is 3.83. The van der Waals surface area contributed by atoms with E-state index < -0.39 is 11.7 Å². The predicted molar refractivity (Wildman–Crippen MR) is 79.8 cm³/mol. The Morgan fingerprint density at radius 2 is 2.10 bits per heavy atom. The van der Waals surface area contributed by atoms with E-state index in [-0.39, 0.29) is 12.1 Å². The van der Waals surface area contributed by atoms with Gasteiger partial charge in [-0.15, -0.1) is 0 Å². The zero-order valence-electron chi connectivity index (χ0n) is 12.8. The number of carbonyl (C=O) groups excluding carboxylic acids is 1. The molecule has 0 aromatic heterocycles. The summed E-state index contributed by atoms with van der Waals surface area (Å²) in [7, 11) is 1.68. The summed E-state index contributed by atoms with van der Waals surface area (Å²) in [6.45, 7) is 5.48. The maximum absolute atomic E-state index is 12.3. The Kier molecular flexibility index (Phi) is 4.09. The lowest BCUT2D eigenvalue weighted by molar-refractivity contribution is 0.0206. The first-order valence-electron chi connectivity index (χ1n) is 6.91. The van der Waals surface area contributed by atoms with Gasteiger partial charge in [-0.1, -0.05) is 29.4 Å². The second kappa shape index (κ2) is 5.66. The number of amides is 1. The average Bonchev–Trinajstić information content (AvgIpc) is 2.74. The number of carbonyl (C=O) groups is 1. The van der Waals surface area contributed by atoms with Gasteiger partial charge in [-0.2, -0.15) is 0 Å². The summed E-state index contributed by atoms with van der Waals surface area (Å²) < 4.78 is 5.41. The third-order valence-electron chi connectivity index (χ3n) is 3.47. The second-order valence-corrected chi connectivity index (χ2v) is 6.21. The third-order valence-corrected chi connectivity index (χ3v) is 3.47. The monoisotopic (exact) mass is 288 g/mol. The Labute approximate surface area is 124 Å². The van der Waals surface area contributed by atoms with Crippen LogP contribution in [0.5, 0.6) is 0 Å². The number of ether oxygens (including phenoxy) is 1. The minimum atomic E-state index is -0.558. The van der Waals surface area contributed by atoms with Crippen molar-refractivity contribution in [2.24, 2.45) is 5.11 Å². The van der Waals surface area contributed by atoms with Crippen LogP contribution in [0.3, 0.4) is 0 Å². The number of nitrogens with zero attached hydrogens (tertiary/aromatic N) is 4. The summed E-state index contributed by atoms with van der Waals surface area (Å²) in [5.41, 5.74) is 10.3. The van der Waals surface area contributed by atoms with Gasteiger partial charge >= 0.3 is 6.09 Å². The molecule has 1 aliphatic carbocycles. The number of fused-ring (bicyclic) bond motifs is 1. The zero-order chi connectivity index (χ0) is 15.6. The van der Waals surface area contributed by atoms with Crippen LogP contribution in [0.25, 0.3) is 10.4 Å². The number of azide groups is 1. The summed E-state index contributed by atoms with van der Waals surface area (Å²) in [6.07, 6.45) is 0.222. The molecule has 0 bridgehead atoms. The summed E-state index contributed by atoms with van der Waals surface area (Å²) >= 11 is 0. The first-order chi connectivity index (χ1) is 9.83. The Bertz CT molecular complexity index is 588. The van der Waals surface area contributed by atoms with Crippen LogP contribution in [0.1, 0.15) is 37.9 Å². The van der Waals surface area contributed by atoms with Crippen LogP contribution in [-0.2, 0) is 11.2 Å². The van der Waals surface area contributed by atoms with Gasteiger partial charge in [-0.05, 0) is 43.9 Å². The van der Waals surface area contributed by atoms with Crippen molar-refractivity contribution in [1.29, 1.82) is 0 Å². The molecule has 0 saturated heterocycles. The minimum absolute atomic E-state index is 0.285. The third kappa shape index (κ3) is 3.28. The number of rotatable bonds is 2. The van der Waals surface area contributed by atoms with Crippen LogP contribution >= 0.6 is 0 Å². The van der Waals surface area contributed by atoms with E-state index >= 15 is 0 Å². The number of hydrogen-bond acceptors (Lipinski definition) is 3. The van der Waals surface area contributed by atoms with Gasteiger partial charge in [-0.3, -0.25) is 0 Å². The minimum Gasteiger partial charge on any atom is -0.444 e. The maximum atomic E-state index is 12.3. The molecule has 0 heterocycles. The molecular weight excluding hydrogens is 268 g/mol. The molecule has 1 aliphatic rings. The van der Waals surface area contributed by atoms with Crippen LogP contribution in [0, 0.1) is 0 Å². The lowest BCUT2D eigenvalue weighted by Gasteiger charge is -2.31. The molecule has 2 atom stereocenters. The Balaban J connectivity index is 2.30. The van der Waals surface area contributed by atoms with Crippen molar-refractivity contribution in [2.45, 2.75) is 44.9 Å². The highest BCUT2D eigenvalue weighted by atomic mass is 16.6. The summed E-state index contributed by atoms with van der Waals surface area (Å²) in [5, 5.41) is 3.85. The van der Waals surface area contributed by atoms with Crippen molar-refractivity contribution < 1.29 is 9.53 Å². The zero-order valence-corrected chi connectivity index (χ0v) is 12.8. The van der Waals surface area contributed by atoms with Gasteiger partial charge in [0.1, 0.15) is 5.60 Å². The molecule has 6 heteroatoms. The number of benzene rings is 1. The van der Waals surface area contributed by atoms with E-state index in [4.69, 9.17) is 10.3 Å². The molecular formula is C15H20N4O2. The summed E-state index contributed by atoms with van der Waals surface area (Å²) in [6, 6.07) is 7.25. The first-order valence-corrected chi connectivity index (χ1v) is 6.91. The van der Waals surface area contributed by atoms with Gasteiger partial charge in [0.15, 0.2) is 0 Å². The second-order valence-electron chi connectivity index (χ2n) is 6.21. The van der Waals surface area contributed by atoms with Crippen LogP contribution in [-0.4, -0.2) is 29.7 Å².